The molecule has 1 saturated carbocycles. The number of aromatic nitrogens is 4. The average Bonchev–Trinajstić information content (AvgIpc) is 3.43. The predicted octanol–water partition coefficient (Wildman–Crippen LogP) is 3.30. The van der Waals surface area contributed by atoms with E-state index in [0.29, 0.717) is 11.5 Å². The molecule has 5 rings (SSSR count). The van der Waals surface area contributed by atoms with Crippen molar-refractivity contribution in [3.63, 3.8) is 0 Å². The summed E-state index contributed by atoms with van der Waals surface area (Å²) in [4.78, 5) is 24.2. The molecule has 3 fully saturated rings. The quantitative estimate of drug-likeness (QED) is 0.797. The first kappa shape index (κ1) is 18.7. The molecule has 0 radical (unpaired) electrons. The lowest BCUT2D eigenvalue weighted by Gasteiger charge is -2.59. The average molecular weight is 396 g/mol. The number of rotatable bonds is 3. The van der Waals surface area contributed by atoms with Crippen LogP contribution in [-0.2, 0) is 10.3 Å². The third-order valence-corrected chi connectivity index (χ3v) is 6.67. The molecule has 1 aliphatic carbocycles. The van der Waals surface area contributed by atoms with E-state index >= 15 is 0 Å². The van der Waals surface area contributed by atoms with E-state index in [4.69, 9.17) is 4.74 Å². The molecule has 29 heavy (non-hydrogen) atoms. The van der Waals surface area contributed by atoms with E-state index in [1.54, 1.807) is 12.5 Å². The maximum absolute atomic E-state index is 13.6. The second-order valence-corrected chi connectivity index (χ2v) is 9.80. The molecule has 1 atom stereocenters. The van der Waals surface area contributed by atoms with Crippen molar-refractivity contribution in [2.45, 2.75) is 64.0 Å². The molecule has 2 aromatic heterocycles. The summed E-state index contributed by atoms with van der Waals surface area (Å²) in [6, 6.07) is 0.0299. The van der Waals surface area contributed by atoms with Gasteiger partial charge in [0.1, 0.15) is 6.33 Å². The van der Waals surface area contributed by atoms with Gasteiger partial charge in [-0.25, -0.2) is 9.97 Å². The van der Waals surface area contributed by atoms with Gasteiger partial charge in [-0.05, 0) is 46.5 Å². The van der Waals surface area contributed by atoms with Crippen molar-refractivity contribution < 1.29 is 9.53 Å². The molecule has 2 aromatic rings. The lowest BCUT2D eigenvalue weighted by Crippen LogP contribution is -2.62. The van der Waals surface area contributed by atoms with Crippen LogP contribution >= 0.6 is 0 Å². The van der Waals surface area contributed by atoms with Crippen LogP contribution in [0.3, 0.4) is 0 Å². The third-order valence-electron chi connectivity index (χ3n) is 6.67. The van der Waals surface area contributed by atoms with Crippen LogP contribution in [0.15, 0.2) is 24.9 Å². The highest BCUT2D eigenvalue weighted by Crippen LogP contribution is 2.55. The van der Waals surface area contributed by atoms with Crippen molar-refractivity contribution in [3.05, 3.63) is 41.7 Å². The molecule has 4 heterocycles. The fourth-order valence-electron chi connectivity index (χ4n) is 4.85. The molecule has 0 bridgehead atoms. The second-order valence-electron chi connectivity index (χ2n) is 9.80. The highest BCUT2D eigenvalue weighted by atomic mass is 16.5. The van der Waals surface area contributed by atoms with Crippen LogP contribution < -0.4 is 0 Å². The summed E-state index contributed by atoms with van der Waals surface area (Å²) in [5.41, 5.74) is 2.69. The smallest absolute Gasteiger partial charge is 0.257 e. The van der Waals surface area contributed by atoms with Crippen molar-refractivity contribution in [2.24, 2.45) is 5.41 Å². The highest BCUT2D eigenvalue weighted by Gasteiger charge is 2.56. The Bertz CT molecular complexity index is 921. The Morgan fingerprint density at radius 3 is 2.62 bits per heavy atom. The summed E-state index contributed by atoms with van der Waals surface area (Å²) >= 11 is 0. The van der Waals surface area contributed by atoms with Crippen LogP contribution in [0.2, 0.25) is 0 Å². The number of hydrogen-bond acceptors (Lipinski definition) is 5. The third kappa shape index (κ3) is 3.16. The summed E-state index contributed by atoms with van der Waals surface area (Å²) in [6.07, 6.45) is 11.5. The van der Waals surface area contributed by atoms with Crippen LogP contribution in [0.5, 0.6) is 0 Å². The van der Waals surface area contributed by atoms with Crippen molar-refractivity contribution >= 4 is 5.91 Å². The van der Waals surface area contributed by atoms with Gasteiger partial charge in [0, 0.05) is 49.0 Å². The van der Waals surface area contributed by atoms with Gasteiger partial charge < -0.3 is 9.64 Å². The minimum Gasteiger partial charge on any atom is -0.381 e. The lowest BCUT2D eigenvalue weighted by atomic mass is 9.64. The highest BCUT2D eigenvalue weighted by molar-refractivity contribution is 5.96. The number of carbonyl (C=O) groups is 1. The summed E-state index contributed by atoms with van der Waals surface area (Å²) in [6.45, 7) is 8.70. The largest absolute Gasteiger partial charge is 0.381 e. The Kier molecular flexibility index (Phi) is 4.28. The van der Waals surface area contributed by atoms with Gasteiger partial charge in [-0.2, -0.15) is 5.10 Å². The minimum absolute atomic E-state index is 0.0299. The van der Waals surface area contributed by atoms with Gasteiger partial charge >= 0.3 is 0 Å². The molecule has 1 unspecified atom stereocenters. The molecular weight excluding hydrogens is 366 g/mol. The van der Waals surface area contributed by atoms with E-state index in [-0.39, 0.29) is 22.9 Å². The van der Waals surface area contributed by atoms with Crippen LogP contribution in [-0.4, -0.2) is 50.3 Å². The predicted molar refractivity (Wildman–Crippen MR) is 107 cm³/mol. The number of likely N-dealkylation sites (tertiary alicyclic amines) is 1. The molecule has 2 saturated heterocycles. The van der Waals surface area contributed by atoms with Gasteiger partial charge in [0.15, 0.2) is 0 Å². The van der Waals surface area contributed by atoms with E-state index in [0.717, 1.165) is 56.7 Å². The normalized spacial score (nSPS) is 23.8. The first-order valence-electron chi connectivity index (χ1n) is 10.6. The van der Waals surface area contributed by atoms with Gasteiger partial charge in [-0.15, -0.1) is 0 Å². The maximum atomic E-state index is 13.6. The zero-order valence-corrected chi connectivity index (χ0v) is 17.5. The Hall–Kier alpha value is -2.28. The maximum Gasteiger partial charge on any atom is 0.257 e. The van der Waals surface area contributed by atoms with Crippen LogP contribution in [0.1, 0.15) is 80.0 Å². The molecule has 7 heteroatoms. The lowest BCUT2D eigenvalue weighted by molar-refractivity contribution is -0.115. The van der Waals surface area contributed by atoms with Gasteiger partial charge in [0.2, 0.25) is 0 Å². The minimum atomic E-state index is -0.0912. The Morgan fingerprint density at radius 1 is 1.21 bits per heavy atom. The summed E-state index contributed by atoms with van der Waals surface area (Å²) in [5.74, 6) is 0.468. The van der Waals surface area contributed by atoms with E-state index < -0.39 is 0 Å². The van der Waals surface area contributed by atoms with Crippen LogP contribution in [0.25, 0.3) is 0 Å². The first-order chi connectivity index (χ1) is 13.9. The zero-order valence-electron chi connectivity index (χ0n) is 17.5. The molecule has 1 spiro atoms. The van der Waals surface area contributed by atoms with Crippen molar-refractivity contribution in [1.82, 2.24) is 24.6 Å². The van der Waals surface area contributed by atoms with E-state index in [1.165, 1.54) is 0 Å². The van der Waals surface area contributed by atoms with Gasteiger partial charge in [0.25, 0.3) is 5.91 Å². The van der Waals surface area contributed by atoms with Crippen molar-refractivity contribution in [2.75, 3.05) is 19.8 Å². The number of amides is 1. The molecule has 1 amide bonds. The van der Waals surface area contributed by atoms with Crippen LogP contribution in [0, 0.1) is 5.41 Å². The van der Waals surface area contributed by atoms with E-state index in [9.17, 15) is 4.79 Å². The topological polar surface area (TPSA) is 73.1 Å². The molecule has 7 nitrogen and oxygen atoms in total. The Balaban J connectivity index is 1.49. The monoisotopic (exact) mass is 395 g/mol. The van der Waals surface area contributed by atoms with Gasteiger partial charge in [-0.3, -0.25) is 9.48 Å². The standard InChI is InChI=1S/C22H29N5O2/c1-21(2,3)27-12-16(10-25-27)19-22(6-8-29-9-7-22)13-26(19)20(28)17-11-23-14-24-18(17)15-4-5-15/h10-12,14-15,19H,4-9,13H2,1-3H3. The Morgan fingerprint density at radius 2 is 1.97 bits per heavy atom. The molecule has 2 aliphatic heterocycles. The van der Waals surface area contributed by atoms with E-state index in [2.05, 4.69) is 42.0 Å². The zero-order chi connectivity index (χ0) is 20.2. The molecule has 0 aromatic carbocycles. The number of ether oxygens (including phenoxy) is 1. The number of carbonyl (C=O) groups excluding carboxylic acids is 1. The van der Waals surface area contributed by atoms with Gasteiger partial charge in [0.05, 0.1) is 29.0 Å². The second kappa shape index (κ2) is 6.62. The summed E-state index contributed by atoms with van der Waals surface area (Å²) < 4.78 is 7.64. The van der Waals surface area contributed by atoms with E-state index in [1.807, 2.05) is 15.8 Å². The number of nitrogens with zero attached hydrogens (tertiary/aromatic N) is 5. The SMILES string of the molecule is CC(C)(C)n1cc(C2N(C(=O)c3cncnc3C3CC3)CC23CCOCC3)cn1. The fraction of sp³-hybridized carbons (Fsp3) is 0.636. The fourth-order valence-corrected chi connectivity index (χ4v) is 4.85. The van der Waals surface area contributed by atoms with Crippen molar-refractivity contribution in [3.8, 4) is 0 Å². The molecule has 3 aliphatic rings. The Labute approximate surface area is 171 Å². The summed E-state index contributed by atoms with van der Waals surface area (Å²) in [5, 5.41) is 4.61. The first-order valence-corrected chi connectivity index (χ1v) is 10.6. The number of hydrogen-bond donors (Lipinski definition) is 0. The summed E-state index contributed by atoms with van der Waals surface area (Å²) in [7, 11) is 0. The van der Waals surface area contributed by atoms with Crippen LogP contribution in [0.4, 0.5) is 0 Å². The molecular formula is C22H29N5O2. The molecule has 0 N–H and O–H groups in total. The van der Waals surface area contributed by atoms with Gasteiger partial charge in [-0.1, -0.05) is 0 Å². The van der Waals surface area contributed by atoms with Crippen molar-refractivity contribution in [1.29, 1.82) is 0 Å². The molecule has 154 valence electrons.